The van der Waals surface area contributed by atoms with E-state index in [1.165, 1.54) is 45.1 Å². The van der Waals surface area contributed by atoms with Gasteiger partial charge in [-0.25, -0.2) is 0 Å². The molecule has 1 saturated heterocycles. The van der Waals surface area contributed by atoms with Crippen LogP contribution in [0.4, 0.5) is 0 Å². The Labute approximate surface area is 106 Å². The standard InChI is InChI=1S/C14H28N2O/c1-2-17-13(10-15)11-16-9-5-7-12-6-3-4-8-14(12)16/h12-14H,2-11,15H2,1H3/t12-,13?,14-/m1/s1. The van der Waals surface area contributed by atoms with Crippen molar-refractivity contribution < 1.29 is 4.74 Å². The Hall–Kier alpha value is -0.120. The zero-order chi connectivity index (χ0) is 12.1. The minimum Gasteiger partial charge on any atom is -0.376 e. The molecule has 0 aromatic heterocycles. The minimum absolute atomic E-state index is 0.237. The van der Waals surface area contributed by atoms with Crippen LogP contribution in [0.3, 0.4) is 0 Å². The van der Waals surface area contributed by atoms with Gasteiger partial charge in [-0.05, 0) is 45.1 Å². The average molecular weight is 240 g/mol. The first-order chi connectivity index (χ1) is 8.35. The molecular weight excluding hydrogens is 212 g/mol. The van der Waals surface area contributed by atoms with Crippen LogP contribution in [0.2, 0.25) is 0 Å². The zero-order valence-electron chi connectivity index (χ0n) is 11.2. The summed E-state index contributed by atoms with van der Waals surface area (Å²) in [7, 11) is 0. The van der Waals surface area contributed by atoms with E-state index in [2.05, 4.69) is 11.8 Å². The van der Waals surface area contributed by atoms with Crippen LogP contribution in [0.15, 0.2) is 0 Å². The third kappa shape index (κ3) is 3.43. The van der Waals surface area contributed by atoms with Gasteiger partial charge in [0.05, 0.1) is 6.10 Å². The van der Waals surface area contributed by atoms with Gasteiger partial charge in [-0.2, -0.15) is 0 Å². The highest BCUT2D eigenvalue weighted by molar-refractivity contribution is 4.88. The van der Waals surface area contributed by atoms with Crippen LogP contribution < -0.4 is 5.73 Å². The summed E-state index contributed by atoms with van der Waals surface area (Å²) in [5.74, 6) is 0.956. The predicted octanol–water partition coefficient (Wildman–Crippen LogP) is 2.00. The van der Waals surface area contributed by atoms with Crippen molar-refractivity contribution in [1.29, 1.82) is 0 Å². The molecule has 0 aromatic carbocycles. The molecule has 3 atom stereocenters. The highest BCUT2D eigenvalue weighted by Gasteiger charge is 2.33. The minimum atomic E-state index is 0.237. The molecule has 3 heteroatoms. The maximum absolute atomic E-state index is 5.79. The van der Waals surface area contributed by atoms with Gasteiger partial charge in [0.15, 0.2) is 0 Å². The van der Waals surface area contributed by atoms with Crippen LogP contribution in [0, 0.1) is 5.92 Å². The molecule has 2 fully saturated rings. The number of rotatable bonds is 5. The second kappa shape index (κ2) is 6.72. The van der Waals surface area contributed by atoms with Gasteiger partial charge in [-0.3, -0.25) is 4.90 Å². The summed E-state index contributed by atoms with van der Waals surface area (Å²) in [6, 6.07) is 0.826. The first kappa shape index (κ1) is 13.3. The number of nitrogens with two attached hydrogens (primary N) is 1. The third-order valence-corrected chi connectivity index (χ3v) is 4.46. The van der Waals surface area contributed by atoms with Crippen LogP contribution in [0.5, 0.6) is 0 Å². The van der Waals surface area contributed by atoms with E-state index in [0.29, 0.717) is 6.54 Å². The van der Waals surface area contributed by atoms with Gasteiger partial charge in [-0.15, -0.1) is 0 Å². The summed E-state index contributed by atoms with van der Waals surface area (Å²) in [5.41, 5.74) is 5.79. The summed E-state index contributed by atoms with van der Waals surface area (Å²) in [6.45, 7) is 5.80. The lowest BCUT2D eigenvalue weighted by atomic mass is 9.78. The van der Waals surface area contributed by atoms with Gasteiger partial charge in [-0.1, -0.05) is 12.8 Å². The summed E-state index contributed by atoms with van der Waals surface area (Å²) < 4.78 is 5.71. The molecule has 0 radical (unpaired) electrons. The molecule has 1 aliphatic heterocycles. The van der Waals surface area contributed by atoms with Crippen LogP contribution >= 0.6 is 0 Å². The highest BCUT2D eigenvalue weighted by Crippen LogP contribution is 2.35. The highest BCUT2D eigenvalue weighted by atomic mass is 16.5. The van der Waals surface area contributed by atoms with E-state index >= 15 is 0 Å². The molecule has 0 bridgehead atoms. The van der Waals surface area contributed by atoms with E-state index in [0.717, 1.165) is 25.1 Å². The van der Waals surface area contributed by atoms with Gasteiger partial charge in [0.2, 0.25) is 0 Å². The largest absolute Gasteiger partial charge is 0.376 e. The van der Waals surface area contributed by atoms with Crippen LogP contribution in [-0.4, -0.2) is 43.3 Å². The van der Waals surface area contributed by atoms with Crippen molar-refractivity contribution in [3.63, 3.8) is 0 Å². The summed E-state index contributed by atoms with van der Waals surface area (Å²) in [4.78, 5) is 2.67. The quantitative estimate of drug-likeness (QED) is 0.799. The molecule has 3 nitrogen and oxygen atoms in total. The monoisotopic (exact) mass is 240 g/mol. The predicted molar refractivity (Wildman–Crippen MR) is 71.0 cm³/mol. The molecule has 1 saturated carbocycles. The number of nitrogens with zero attached hydrogens (tertiary/aromatic N) is 1. The van der Waals surface area contributed by atoms with E-state index < -0.39 is 0 Å². The Morgan fingerprint density at radius 3 is 2.76 bits per heavy atom. The van der Waals surface area contributed by atoms with Crippen molar-refractivity contribution in [3.05, 3.63) is 0 Å². The van der Waals surface area contributed by atoms with Crippen molar-refractivity contribution in [3.8, 4) is 0 Å². The molecule has 1 heterocycles. The fraction of sp³-hybridized carbons (Fsp3) is 1.00. The Balaban J connectivity index is 1.89. The van der Waals surface area contributed by atoms with E-state index in [1.807, 2.05) is 0 Å². The molecule has 2 N–H and O–H groups in total. The van der Waals surface area contributed by atoms with Crippen LogP contribution in [0.1, 0.15) is 45.4 Å². The zero-order valence-corrected chi connectivity index (χ0v) is 11.2. The van der Waals surface area contributed by atoms with Gasteiger partial charge in [0, 0.05) is 25.7 Å². The molecule has 0 spiro atoms. The van der Waals surface area contributed by atoms with Gasteiger partial charge < -0.3 is 10.5 Å². The van der Waals surface area contributed by atoms with Crippen molar-refractivity contribution in [2.24, 2.45) is 11.7 Å². The third-order valence-electron chi connectivity index (χ3n) is 4.46. The van der Waals surface area contributed by atoms with E-state index in [9.17, 15) is 0 Å². The Morgan fingerprint density at radius 1 is 1.24 bits per heavy atom. The maximum atomic E-state index is 5.79. The topological polar surface area (TPSA) is 38.5 Å². The average Bonchev–Trinajstić information content (AvgIpc) is 2.38. The molecule has 17 heavy (non-hydrogen) atoms. The van der Waals surface area contributed by atoms with Gasteiger partial charge >= 0.3 is 0 Å². The lowest BCUT2D eigenvalue weighted by molar-refractivity contribution is -0.00644. The molecule has 0 amide bonds. The molecule has 2 rings (SSSR count). The van der Waals surface area contributed by atoms with Crippen molar-refractivity contribution in [2.75, 3.05) is 26.2 Å². The second-order valence-corrected chi connectivity index (χ2v) is 5.56. The number of fused-ring (bicyclic) bond motifs is 1. The lowest BCUT2D eigenvalue weighted by Gasteiger charge is -2.45. The first-order valence-electron chi connectivity index (χ1n) is 7.40. The fourth-order valence-electron chi connectivity index (χ4n) is 3.65. The molecular formula is C14H28N2O. The second-order valence-electron chi connectivity index (χ2n) is 5.56. The smallest absolute Gasteiger partial charge is 0.0823 e. The van der Waals surface area contributed by atoms with Crippen molar-refractivity contribution in [1.82, 2.24) is 4.90 Å². The van der Waals surface area contributed by atoms with E-state index in [-0.39, 0.29) is 6.10 Å². The van der Waals surface area contributed by atoms with Crippen LogP contribution in [-0.2, 0) is 4.74 Å². The SMILES string of the molecule is CCOC(CN)CN1CCC[C@H]2CCCC[C@H]21. The summed E-state index contributed by atoms with van der Waals surface area (Å²) >= 11 is 0. The van der Waals surface area contributed by atoms with E-state index in [4.69, 9.17) is 10.5 Å². The molecule has 1 unspecified atom stereocenters. The number of hydrogen-bond acceptors (Lipinski definition) is 3. The number of piperidine rings is 1. The fourth-order valence-corrected chi connectivity index (χ4v) is 3.65. The van der Waals surface area contributed by atoms with Crippen molar-refractivity contribution in [2.45, 2.75) is 57.6 Å². The molecule has 100 valence electrons. The Bertz CT molecular complexity index is 220. The Kier molecular flexibility index (Phi) is 5.26. The van der Waals surface area contributed by atoms with Crippen molar-refractivity contribution >= 4 is 0 Å². The maximum Gasteiger partial charge on any atom is 0.0823 e. The van der Waals surface area contributed by atoms with Gasteiger partial charge in [0.1, 0.15) is 0 Å². The van der Waals surface area contributed by atoms with E-state index in [1.54, 1.807) is 0 Å². The molecule has 1 aliphatic carbocycles. The summed E-state index contributed by atoms with van der Waals surface area (Å²) in [6.07, 6.45) is 8.76. The number of hydrogen-bond donors (Lipinski definition) is 1. The molecule has 0 aromatic rings. The summed E-state index contributed by atoms with van der Waals surface area (Å²) in [5, 5.41) is 0. The Morgan fingerprint density at radius 2 is 2.00 bits per heavy atom. The number of ether oxygens (including phenoxy) is 1. The normalized spacial score (nSPS) is 32.1. The molecule has 2 aliphatic rings. The van der Waals surface area contributed by atoms with Crippen LogP contribution in [0.25, 0.3) is 0 Å². The number of likely N-dealkylation sites (tertiary alicyclic amines) is 1. The first-order valence-corrected chi connectivity index (χ1v) is 7.40. The lowest BCUT2D eigenvalue weighted by Crippen LogP contribution is -2.50. The van der Waals surface area contributed by atoms with Gasteiger partial charge in [0.25, 0.3) is 0 Å².